The number of carbonyl (C=O) groups is 1. The van der Waals surface area contributed by atoms with Crippen molar-refractivity contribution in [3.05, 3.63) is 53.5 Å². The summed E-state index contributed by atoms with van der Waals surface area (Å²) in [5, 5.41) is 5.68. The summed E-state index contributed by atoms with van der Waals surface area (Å²) in [5.74, 6) is 1.15. The van der Waals surface area contributed by atoms with Gasteiger partial charge in [0.05, 0.1) is 12.2 Å². The number of aromatic amines is 1. The van der Waals surface area contributed by atoms with Crippen LogP contribution in [0.1, 0.15) is 68.1 Å². The second-order valence-corrected chi connectivity index (χ2v) is 11.1. The zero-order chi connectivity index (χ0) is 25.0. The number of H-pyrrole nitrogens is 1. The predicted octanol–water partition coefficient (Wildman–Crippen LogP) is 5.11. The summed E-state index contributed by atoms with van der Waals surface area (Å²) in [5.41, 5.74) is 8.22. The van der Waals surface area contributed by atoms with Crippen LogP contribution in [-0.2, 0) is 4.79 Å². The molecule has 0 atom stereocenters. The van der Waals surface area contributed by atoms with Gasteiger partial charge < -0.3 is 9.88 Å². The average molecular weight is 485 g/mol. The number of pyridine rings is 1. The fraction of sp³-hybridized carbons (Fsp3) is 0.483. The number of aryl methyl sites for hydroxylation is 1. The van der Waals surface area contributed by atoms with Gasteiger partial charge in [0.2, 0.25) is 5.91 Å². The van der Waals surface area contributed by atoms with Crippen LogP contribution in [0.15, 0.2) is 36.8 Å². The Morgan fingerprint density at radius 3 is 2.67 bits per heavy atom. The molecule has 2 aliphatic rings. The van der Waals surface area contributed by atoms with E-state index in [4.69, 9.17) is 0 Å². The summed E-state index contributed by atoms with van der Waals surface area (Å²) >= 11 is 0. The van der Waals surface area contributed by atoms with E-state index >= 15 is 0 Å². The molecule has 0 radical (unpaired) electrons. The summed E-state index contributed by atoms with van der Waals surface area (Å²) < 4.78 is 1.86. The second-order valence-electron chi connectivity index (χ2n) is 11.1. The number of carbonyl (C=O) groups excluding carboxylic acids is 1. The molecule has 4 heterocycles. The first kappa shape index (κ1) is 23.2. The molecular formula is C29H36N6O. The lowest BCUT2D eigenvalue weighted by atomic mass is 9.87. The number of hydrogen-bond acceptors (Lipinski definition) is 4. The molecule has 1 N–H and O–H groups in total. The molecule has 1 amide bonds. The van der Waals surface area contributed by atoms with Gasteiger partial charge in [-0.2, -0.15) is 5.10 Å². The van der Waals surface area contributed by atoms with E-state index in [9.17, 15) is 4.79 Å². The smallest absolute Gasteiger partial charge is 0.236 e. The SMILES string of the molecule is Cc1cc(-c2[nH]c3ccc(C4CCN(C(=O)CN(C)C5CC5)CC4)cc3c2C(C)C)cn2ncnc12. The van der Waals surface area contributed by atoms with Crippen LogP contribution in [0.3, 0.4) is 0 Å². The quantitative estimate of drug-likeness (QED) is 0.413. The molecule has 0 unspecified atom stereocenters. The first-order valence-corrected chi connectivity index (χ1v) is 13.3. The Labute approximate surface area is 212 Å². The van der Waals surface area contributed by atoms with Crippen molar-refractivity contribution < 1.29 is 4.79 Å². The number of hydrogen-bond donors (Lipinski definition) is 1. The van der Waals surface area contributed by atoms with Crippen molar-refractivity contribution in [1.82, 2.24) is 29.4 Å². The summed E-state index contributed by atoms with van der Waals surface area (Å²) in [7, 11) is 2.08. The number of benzene rings is 1. The van der Waals surface area contributed by atoms with Crippen molar-refractivity contribution in [3.8, 4) is 11.3 Å². The third-order valence-corrected chi connectivity index (χ3v) is 8.16. The van der Waals surface area contributed by atoms with Crippen molar-refractivity contribution in [2.75, 3.05) is 26.7 Å². The Morgan fingerprint density at radius 2 is 1.94 bits per heavy atom. The average Bonchev–Trinajstić information content (AvgIpc) is 3.48. The topological polar surface area (TPSA) is 69.5 Å². The number of aromatic nitrogens is 4. The highest BCUT2D eigenvalue weighted by Gasteiger charge is 2.30. The van der Waals surface area contributed by atoms with E-state index in [0.29, 0.717) is 24.4 Å². The van der Waals surface area contributed by atoms with Crippen LogP contribution in [0.2, 0.25) is 0 Å². The molecule has 1 aliphatic heterocycles. The third kappa shape index (κ3) is 4.19. The lowest BCUT2D eigenvalue weighted by Crippen LogP contribution is -2.43. The molecule has 7 heteroatoms. The van der Waals surface area contributed by atoms with Crippen LogP contribution >= 0.6 is 0 Å². The molecule has 0 spiro atoms. The number of piperidine rings is 1. The highest BCUT2D eigenvalue weighted by molar-refractivity contribution is 5.92. The Bertz CT molecular complexity index is 1420. The molecule has 4 aromatic rings. The Kier molecular flexibility index (Phi) is 5.83. The van der Waals surface area contributed by atoms with Crippen molar-refractivity contribution in [3.63, 3.8) is 0 Å². The molecule has 1 saturated heterocycles. The number of fused-ring (bicyclic) bond motifs is 2. The normalized spacial score (nSPS) is 17.2. The van der Waals surface area contributed by atoms with Gasteiger partial charge in [0.15, 0.2) is 5.65 Å². The molecule has 1 aliphatic carbocycles. The van der Waals surface area contributed by atoms with E-state index in [1.165, 1.54) is 34.9 Å². The van der Waals surface area contributed by atoms with E-state index in [-0.39, 0.29) is 5.91 Å². The first-order chi connectivity index (χ1) is 17.4. The number of likely N-dealkylation sites (N-methyl/N-ethyl adjacent to an activating group) is 1. The highest BCUT2D eigenvalue weighted by atomic mass is 16.2. The monoisotopic (exact) mass is 484 g/mol. The summed E-state index contributed by atoms with van der Waals surface area (Å²) in [6.07, 6.45) is 8.21. The third-order valence-electron chi connectivity index (χ3n) is 8.16. The molecule has 2 fully saturated rings. The molecule has 1 aromatic carbocycles. The minimum absolute atomic E-state index is 0.287. The van der Waals surface area contributed by atoms with Gasteiger partial charge in [0, 0.05) is 41.8 Å². The van der Waals surface area contributed by atoms with Gasteiger partial charge in [-0.25, -0.2) is 9.50 Å². The zero-order valence-electron chi connectivity index (χ0n) is 21.8. The van der Waals surface area contributed by atoms with E-state index < -0.39 is 0 Å². The summed E-state index contributed by atoms with van der Waals surface area (Å²) in [4.78, 5) is 25.2. The number of nitrogens with one attached hydrogen (secondary N) is 1. The van der Waals surface area contributed by atoms with Crippen LogP contribution in [0.5, 0.6) is 0 Å². The Balaban J connectivity index is 1.26. The van der Waals surface area contributed by atoms with Gasteiger partial charge in [-0.1, -0.05) is 19.9 Å². The molecule has 7 nitrogen and oxygen atoms in total. The van der Waals surface area contributed by atoms with E-state index in [1.54, 1.807) is 6.33 Å². The predicted molar refractivity (Wildman–Crippen MR) is 143 cm³/mol. The van der Waals surface area contributed by atoms with Gasteiger partial charge in [0.1, 0.15) is 6.33 Å². The summed E-state index contributed by atoms with van der Waals surface area (Å²) in [6.45, 7) is 8.89. The lowest BCUT2D eigenvalue weighted by molar-refractivity contribution is -0.133. The first-order valence-electron chi connectivity index (χ1n) is 13.3. The Morgan fingerprint density at radius 1 is 1.17 bits per heavy atom. The summed E-state index contributed by atoms with van der Waals surface area (Å²) in [6, 6.07) is 9.75. The van der Waals surface area contributed by atoms with Gasteiger partial charge in [-0.3, -0.25) is 9.69 Å². The maximum atomic E-state index is 12.8. The van der Waals surface area contributed by atoms with Gasteiger partial charge in [0.25, 0.3) is 0 Å². The van der Waals surface area contributed by atoms with E-state index in [0.717, 1.165) is 48.4 Å². The van der Waals surface area contributed by atoms with E-state index in [2.05, 4.69) is 83.1 Å². The van der Waals surface area contributed by atoms with Crippen molar-refractivity contribution in [1.29, 1.82) is 0 Å². The zero-order valence-corrected chi connectivity index (χ0v) is 21.8. The minimum atomic E-state index is 0.287. The largest absolute Gasteiger partial charge is 0.354 e. The van der Waals surface area contributed by atoms with Crippen molar-refractivity contribution in [2.24, 2.45) is 0 Å². The number of nitrogens with zero attached hydrogens (tertiary/aromatic N) is 5. The maximum Gasteiger partial charge on any atom is 0.236 e. The molecule has 0 bridgehead atoms. The fourth-order valence-electron chi connectivity index (χ4n) is 5.96. The van der Waals surface area contributed by atoms with Crippen LogP contribution < -0.4 is 0 Å². The van der Waals surface area contributed by atoms with Gasteiger partial charge in [-0.05, 0) is 86.4 Å². The van der Waals surface area contributed by atoms with Crippen LogP contribution in [0.4, 0.5) is 0 Å². The highest BCUT2D eigenvalue weighted by Crippen LogP contribution is 2.38. The molecule has 6 rings (SSSR count). The maximum absolute atomic E-state index is 12.8. The molecule has 188 valence electrons. The van der Waals surface area contributed by atoms with Crippen LogP contribution in [0.25, 0.3) is 27.8 Å². The second kappa shape index (κ2) is 9.04. The lowest BCUT2D eigenvalue weighted by Gasteiger charge is -2.33. The molecule has 1 saturated carbocycles. The molecule has 36 heavy (non-hydrogen) atoms. The number of rotatable bonds is 6. The van der Waals surface area contributed by atoms with Gasteiger partial charge >= 0.3 is 0 Å². The number of amides is 1. The standard InChI is InChI=1S/C29H36N6O/c1-18(2)27-24-14-21(20-9-11-34(12-10-20)26(36)16-33(4)23-6-7-23)5-8-25(24)32-28(27)22-13-19(3)29-30-17-31-35(29)15-22/h5,8,13-15,17-18,20,23,32H,6-7,9-12,16H2,1-4H3. The van der Waals surface area contributed by atoms with Crippen molar-refractivity contribution >= 4 is 22.5 Å². The van der Waals surface area contributed by atoms with E-state index in [1.807, 2.05) is 4.52 Å². The molecular weight excluding hydrogens is 448 g/mol. The van der Waals surface area contributed by atoms with Crippen LogP contribution in [-0.4, -0.2) is 68.0 Å². The number of likely N-dealkylation sites (tertiary alicyclic amines) is 1. The molecule has 3 aromatic heterocycles. The van der Waals surface area contributed by atoms with Gasteiger partial charge in [-0.15, -0.1) is 0 Å². The Hall–Kier alpha value is -3.19. The fourth-order valence-corrected chi connectivity index (χ4v) is 5.96. The van der Waals surface area contributed by atoms with Crippen LogP contribution in [0, 0.1) is 6.92 Å². The minimum Gasteiger partial charge on any atom is -0.354 e. The van der Waals surface area contributed by atoms with Crippen molar-refractivity contribution in [2.45, 2.75) is 64.3 Å².